The lowest BCUT2D eigenvalue weighted by molar-refractivity contribution is 0.0948. The molecule has 0 radical (unpaired) electrons. The van der Waals surface area contributed by atoms with E-state index in [2.05, 4.69) is 20.5 Å². The number of benzene rings is 1. The van der Waals surface area contributed by atoms with Gasteiger partial charge in [0.2, 0.25) is 5.95 Å². The van der Waals surface area contributed by atoms with Crippen molar-refractivity contribution in [2.45, 2.75) is 88.4 Å². The second-order valence-electron chi connectivity index (χ2n) is 11.4. The van der Waals surface area contributed by atoms with Crippen molar-refractivity contribution >= 4 is 59.7 Å². The van der Waals surface area contributed by atoms with Crippen molar-refractivity contribution < 1.29 is 9.59 Å². The summed E-state index contributed by atoms with van der Waals surface area (Å²) in [6, 6.07) is 9.59. The number of hydrogen-bond donors (Lipinski definition) is 4. The summed E-state index contributed by atoms with van der Waals surface area (Å²) in [5.41, 5.74) is 8.25. The van der Waals surface area contributed by atoms with Crippen LogP contribution in [0.2, 0.25) is 0 Å². The molecule has 2 saturated carbocycles. The highest BCUT2D eigenvalue weighted by molar-refractivity contribution is 6.04. The maximum atomic E-state index is 12.7. The molecule has 5 N–H and O–H groups in total. The number of hydrogen-bond acceptors (Lipinski definition) is 8. The fraction of sp³-hybridized carbons (Fsp3) is 0.552. The number of carbonyl (C=O) groups is 2. The number of nitrogens with two attached hydrogens (primary N) is 1. The van der Waals surface area contributed by atoms with Crippen LogP contribution in [-0.4, -0.2) is 67.6 Å². The van der Waals surface area contributed by atoms with E-state index in [1.807, 2.05) is 12.4 Å². The van der Waals surface area contributed by atoms with Crippen molar-refractivity contribution in [2.75, 3.05) is 23.7 Å². The van der Waals surface area contributed by atoms with Crippen LogP contribution < -0.4 is 21.7 Å². The largest absolute Gasteiger partial charge is 0.365 e. The highest BCUT2D eigenvalue weighted by Gasteiger charge is 2.27. The molecule has 3 aliphatic rings. The molecule has 0 atom stereocenters. The van der Waals surface area contributed by atoms with Crippen LogP contribution in [0, 0.1) is 0 Å². The van der Waals surface area contributed by atoms with Gasteiger partial charge in [-0.2, -0.15) is 9.97 Å². The van der Waals surface area contributed by atoms with Crippen LogP contribution in [0.5, 0.6) is 0 Å². The zero-order valence-electron chi connectivity index (χ0n) is 23.7. The van der Waals surface area contributed by atoms with Crippen LogP contribution in [0.4, 0.5) is 16.6 Å². The van der Waals surface area contributed by atoms with Gasteiger partial charge < -0.3 is 25.8 Å². The molecule has 3 aromatic rings. The average Bonchev–Trinajstić information content (AvgIpc) is 3.65. The van der Waals surface area contributed by atoms with Crippen LogP contribution >= 0.6 is 24.8 Å². The minimum absolute atomic E-state index is 0. The zero-order valence-corrected chi connectivity index (χ0v) is 25.3. The Labute approximate surface area is 258 Å². The van der Waals surface area contributed by atoms with Crippen LogP contribution in [0.3, 0.4) is 0 Å². The predicted octanol–water partition coefficient (Wildman–Crippen LogP) is 4.89. The molecule has 0 bridgehead atoms. The Morgan fingerprint density at radius 1 is 0.833 bits per heavy atom. The smallest absolute Gasteiger partial charge is 0.324 e. The zero-order chi connectivity index (χ0) is 27.5. The first-order valence-corrected chi connectivity index (χ1v) is 14.7. The number of piperidine rings is 1. The lowest BCUT2D eigenvalue weighted by Crippen LogP contribution is -2.48. The molecule has 1 saturated heterocycles. The van der Waals surface area contributed by atoms with E-state index in [1.165, 1.54) is 12.8 Å². The number of anilines is 2. The monoisotopic (exact) mass is 617 g/mol. The van der Waals surface area contributed by atoms with Gasteiger partial charge in [-0.3, -0.25) is 10.1 Å². The lowest BCUT2D eigenvalue weighted by atomic mass is 9.92. The standard InChI is InChI=1S/C29H39N9O2.2ClH/c30-20-10-12-21(13-11-20)33-28-34-25(24-26(35-28)38(18-31-24)23-8-4-5-9-23)32-22-14-16-37(17-15-22)29(40)36-27(39)19-6-2-1-3-7-19;;/h1-3,6-7,18,20-23H,4-5,8-17,30H2,(H,36,39,40)(H2,32,33,34,35);2*1H/t20-,21-;;. The van der Waals surface area contributed by atoms with Gasteiger partial charge in [0.05, 0.1) is 6.33 Å². The molecule has 0 spiro atoms. The first kappa shape index (κ1) is 31.8. The third-order valence-corrected chi connectivity index (χ3v) is 8.62. The molecule has 1 aliphatic heterocycles. The first-order chi connectivity index (χ1) is 19.5. The van der Waals surface area contributed by atoms with E-state index >= 15 is 0 Å². The Morgan fingerprint density at radius 2 is 1.50 bits per heavy atom. The number of likely N-dealkylation sites (tertiary alicyclic amines) is 1. The van der Waals surface area contributed by atoms with Crippen molar-refractivity contribution in [1.82, 2.24) is 29.7 Å². The van der Waals surface area contributed by atoms with E-state index in [1.54, 1.807) is 29.2 Å². The number of imide groups is 1. The summed E-state index contributed by atoms with van der Waals surface area (Å²) in [7, 11) is 0. The Morgan fingerprint density at radius 3 is 2.19 bits per heavy atom. The molecular weight excluding hydrogens is 577 g/mol. The summed E-state index contributed by atoms with van der Waals surface area (Å²) in [6.07, 6.45) is 12.2. The van der Waals surface area contributed by atoms with Crippen LogP contribution in [0.1, 0.15) is 80.6 Å². The van der Waals surface area contributed by atoms with Gasteiger partial charge in [0.15, 0.2) is 17.0 Å². The second-order valence-corrected chi connectivity index (χ2v) is 11.4. The van der Waals surface area contributed by atoms with Crippen LogP contribution in [0.25, 0.3) is 11.2 Å². The van der Waals surface area contributed by atoms with Crippen molar-refractivity contribution in [3.05, 3.63) is 42.2 Å². The average molecular weight is 619 g/mol. The highest BCUT2D eigenvalue weighted by atomic mass is 35.5. The predicted molar refractivity (Wildman–Crippen MR) is 169 cm³/mol. The lowest BCUT2D eigenvalue weighted by Gasteiger charge is -2.32. The number of urea groups is 1. The number of nitrogens with one attached hydrogen (secondary N) is 3. The number of fused-ring (bicyclic) bond motifs is 1. The molecule has 0 unspecified atom stereocenters. The Hall–Kier alpha value is -3.15. The maximum absolute atomic E-state index is 12.7. The third kappa shape index (κ3) is 7.25. The molecule has 228 valence electrons. The third-order valence-electron chi connectivity index (χ3n) is 8.62. The van der Waals surface area contributed by atoms with Crippen LogP contribution in [-0.2, 0) is 0 Å². The van der Waals surface area contributed by atoms with Gasteiger partial charge in [0.1, 0.15) is 0 Å². The molecule has 11 nitrogen and oxygen atoms in total. The maximum Gasteiger partial charge on any atom is 0.324 e. The topological polar surface area (TPSA) is 143 Å². The van der Waals surface area contributed by atoms with Gasteiger partial charge in [0.25, 0.3) is 5.91 Å². The SMILES string of the molecule is Cl.Cl.N[C@H]1CC[C@H](Nc2nc(NC3CCN(C(=O)NC(=O)c4ccccc4)CC3)c3ncn(C4CCCC4)c3n2)CC1. The molecule has 3 fully saturated rings. The molecule has 42 heavy (non-hydrogen) atoms. The summed E-state index contributed by atoms with van der Waals surface area (Å²) < 4.78 is 2.23. The van der Waals surface area contributed by atoms with E-state index in [0.29, 0.717) is 36.7 Å². The summed E-state index contributed by atoms with van der Waals surface area (Å²) in [5.74, 6) is 0.984. The van der Waals surface area contributed by atoms with E-state index in [-0.39, 0.29) is 48.8 Å². The van der Waals surface area contributed by atoms with Crippen molar-refractivity contribution in [1.29, 1.82) is 0 Å². The number of rotatable bonds is 6. The van der Waals surface area contributed by atoms with Gasteiger partial charge in [-0.1, -0.05) is 31.0 Å². The normalized spacial score (nSPS) is 21.3. The van der Waals surface area contributed by atoms with Crippen LogP contribution in [0.15, 0.2) is 36.7 Å². The number of halogens is 2. The number of aromatic nitrogens is 4. The van der Waals surface area contributed by atoms with Gasteiger partial charge >= 0.3 is 6.03 Å². The Bertz CT molecular complexity index is 1330. The Kier molecular flexibility index (Phi) is 10.9. The number of nitrogens with zero attached hydrogens (tertiary/aromatic N) is 5. The summed E-state index contributed by atoms with van der Waals surface area (Å²) in [4.78, 5) is 41.4. The number of carbonyl (C=O) groups excluding carboxylic acids is 2. The van der Waals surface area contributed by atoms with E-state index < -0.39 is 0 Å². The van der Waals surface area contributed by atoms with E-state index in [9.17, 15) is 9.59 Å². The number of imidazole rings is 1. The minimum Gasteiger partial charge on any atom is -0.365 e. The highest BCUT2D eigenvalue weighted by Crippen LogP contribution is 2.34. The van der Waals surface area contributed by atoms with Gasteiger partial charge in [-0.25, -0.2) is 9.78 Å². The van der Waals surface area contributed by atoms with E-state index in [0.717, 1.165) is 68.3 Å². The molecular formula is C29H41Cl2N9O2. The molecule has 3 heterocycles. The molecule has 3 amide bonds. The minimum atomic E-state index is -0.382. The van der Waals surface area contributed by atoms with Crippen molar-refractivity contribution in [3.63, 3.8) is 0 Å². The summed E-state index contributed by atoms with van der Waals surface area (Å²) in [6.45, 7) is 1.09. The fourth-order valence-corrected chi connectivity index (χ4v) is 6.24. The second kappa shape index (κ2) is 14.3. The van der Waals surface area contributed by atoms with Gasteiger partial charge in [-0.05, 0) is 63.5 Å². The molecule has 6 rings (SSSR count). The van der Waals surface area contributed by atoms with Crippen molar-refractivity contribution in [3.8, 4) is 0 Å². The number of amides is 3. The van der Waals surface area contributed by atoms with Gasteiger partial charge in [-0.15, -0.1) is 24.8 Å². The van der Waals surface area contributed by atoms with Crippen molar-refractivity contribution in [2.24, 2.45) is 5.73 Å². The quantitative estimate of drug-likeness (QED) is 0.306. The van der Waals surface area contributed by atoms with Gasteiger partial charge in [0, 0.05) is 42.8 Å². The molecule has 2 aliphatic carbocycles. The molecule has 1 aromatic carbocycles. The van der Waals surface area contributed by atoms with E-state index in [4.69, 9.17) is 20.7 Å². The summed E-state index contributed by atoms with van der Waals surface area (Å²) in [5, 5.41) is 9.72. The fourth-order valence-electron chi connectivity index (χ4n) is 6.24. The first-order valence-electron chi connectivity index (χ1n) is 14.7. The molecule has 2 aromatic heterocycles. The summed E-state index contributed by atoms with van der Waals surface area (Å²) >= 11 is 0. The Balaban J connectivity index is 0.00000202. The molecule has 13 heteroatoms.